The van der Waals surface area contributed by atoms with E-state index in [0.717, 1.165) is 39.2 Å². The van der Waals surface area contributed by atoms with Gasteiger partial charge in [-0.05, 0) is 68.8 Å². The molecule has 222 valence electrons. The Morgan fingerprint density at radius 2 is 0.979 bits per heavy atom. The summed E-state index contributed by atoms with van der Waals surface area (Å²) in [5.41, 5.74) is 14.8. The minimum Gasteiger partial charge on any atom is -0.228 e. The fourth-order valence-corrected chi connectivity index (χ4v) is 6.85. The molecule has 0 fully saturated rings. The molecular formula is C44H31N3. The van der Waals surface area contributed by atoms with Crippen molar-refractivity contribution in [2.24, 2.45) is 0 Å². The minimum absolute atomic E-state index is 0.225. The Balaban J connectivity index is 1.25. The quantitative estimate of drug-likeness (QED) is 0.197. The summed E-state index contributed by atoms with van der Waals surface area (Å²) in [6, 6.07) is 55.0. The number of nitrogens with zero attached hydrogens (tertiary/aromatic N) is 3. The summed E-state index contributed by atoms with van der Waals surface area (Å²) >= 11 is 0. The van der Waals surface area contributed by atoms with Gasteiger partial charge in [-0.25, -0.2) is 9.97 Å². The summed E-state index contributed by atoms with van der Waals surface area (Å²) < 4.78 is 0. The van der Waals surface area contributed by atoms with E-state index in [2.05, 4.69) is 135 Å². The van der Waals surface area contributed by atoms with Crippen LogP contribution in [-0.4, -0.2) is 9.97 Å². The van der Waals surface area contributed by atoms with Crippen LogP contribution >= 0.6 is 0 Å². The van der Waals surface area contributed by atoms with Gasteiger partial charge in [0.05, 0.1) is 23.0 Å². The molecule has 47 heavy (non-hydrogen) atoms. The van der Waals surface area contributed by atoms with Crippen LogP contribution in [0.15, 0.2) is 152 Å². The third kappa shape index (κ3) is 5.01. The first-order valence-corrected chi connectivity index (χ1v) is 15.9. The third-order valence-electron chi connectivity index (χ3n) is 9.37. The first-order chi connectivity index (χ1) is 23.0. The second kappa shape index (κ2) is 11.4. The van der Waals surface area contributed by atoms with Gasteiger partial charge in [0.2, 0.25) is 0 Å². The lowest BCUT2D eigenvalue weighted by atomic mass is 9.81. The van der Waals surface area contributed by atoms with Crippen molar-refractivity contribution in [2.45, 2.75) is 19.3 Å². The van der Waals surface area contributed by atoms with Gasteiger partial charge in [0.25, 0.3) is 0 Å². The number of benzene rings is 6. The predicted molar refractivity (Wildman–Crippen MR) is 191 cm³/mol. The normalized spacial score (nSPS) is 12.6. The number of hydrogen-bond acceptors (Lipinski definition) is 3. The Morgan fingerprint density at radius 3 is 1.68 bits per heavy atom. The zero-order chi connectivity index (χ0) is 32.0. The molecular weight excluding hydrogens is 571 g/mol. The molecule has 3 heteroatoms. The lowest BCUT2D eigenvalue weighted by molar-refractivity contribution is 0.660. The van der Waals surface area contributed by atoms with Crippen molar-refractivity contribution < 1.29 is 0 Å². The van der Waals surface area contributed by atoms with E-state index in [1.165, 1.54) is 33.4 Å². The highest BCUT2D eigenvalue weighted by Gasteiger charge is 2.36. The smallest absolute Gasteiger partial charge is 0.160 e. The average Bonchev–Trinajstić information content (AvgIpc) is 3.37. The van der Waals surface area contributed by atoms with Gasteiger partial charge in [-0.2, -0.15) is 5.26 Å². The van der Waals surface area contributed by atoms with Crippen molar-refractivity contribution in [3.05, 3.63) is 168 Å². The lowest BCUT2D eigenvalue weighted by Gasteiger charge is -2.22. The van der Waals surface area contributed by atoms with E-state index in [0.29, 0.717) is 11.4 Å². The van der Waals surface area contributed by atoms with E-state index < -0.39 is 0 Å². The number of rotatable bonds is 5. The van der Waals surface area contributed by atoms with Crippen LogP contribution in [0.25, 0.3) is 67.3 Å². The molecule has 1 aromatic heterocycles. The number of fused-ring (bicyclic) bond motifs is 3. The molecule has 8 rings (SSSR count). The van der Waals surface area contributed by atoms with Gasteiger partial charge in [-0.1, -0.05) is 141 Å². The fourth-order valence-electron chi connectivity index (χ4n) is 6.85. The highest BCUT2D eigenvalue weighted by atomic mass is 14.9. The van der Waals surface area contributed by atoms with E-state index in [1.807, 2.05) is 36.4 Å². The first-order valence-electron chi connectivity index (χ1n) is 15.9. The average molecular weight is 602 g/mol. The summed E-state index contributed by atoms with van der Waals surface area (Å²) in [6.45, 7) is 4.50. The molecule has 1 heterocycles. The zero-order valence-corrected chi connectivity index (χ0v) is 26.3. The molecule has 0 radical (unpaired) electrons. The highest BCUT2D eigenvalue weighted by molar-refractivity contribution is 5.88. The Labute approximate surface area is 275 Å². The van der Waals surface area contributed by atoms with Gasteiger partial charge in [0, 0.05) is 22.1 Å². The molecule has 0 saturated carbocycles. The van der Waals surface area contributed by atoms with E-state index in [1.54, 1.807) is 0 Å². The van der Waals surface area contributed by atoms with Crippen molar-refractivity contribution in [1.82, 2.24) is 9.97 Å². The molecule has 7 aromatic rings. The summed E-state index contributed by atoms with van der Waals surface area (Å²) in [6.07, 6.45) is 0. The number of aromatic nitrogens is 2. The molecule has 1 aliphatic rings. The predicted octanol–water partition coefficient (Wildman–Crippen LogP) is 11.0. The fraction of sp³-hybridized carbons (Fsp3) is 0.0682. The maximum absolute atomic E-state index is 9.57. The van der Waals surface area contributed by atoms with Gasteiger partial charge in [0.15, 0.2) is 5.82 Å². The molecule has 0 unspecified atom stereocenters. The third-order valence-corrected chi connectivity index (χ3v) is 9.37. The standard InChI is InChI=1S/C44H31N3/c1-44(2)39-25-29(28-45)17-23-36(39)37-24-22-34(26-40(37)44)35-15-9-10-16-38(35)42-27-41(46-43(47-42)33-13-7-4-8-14-33)32-20-18-31(19-21-32)30-11-5-3-6-12-30/h3-27H,1-2H3. The Morgan fingerprint density at radius 1 is 0.447 bits per heavy atom. The van der Waals surface area contributed by atoms with Crippen LogP contribution in [0.2, 0.25) is 0 Å². The van der Waals surface area contributed by atoms with Gasteiger partial charge in [0.1, 0.15) is 0 Å². The van der Waals surface area contributed by atoms with Crippen LogP contribution in [0.5, 0.6) is 0 Å². The van der Waals surface area contributed by atoms with Crippen LogP contribution < -0.4 is 0 Å². The minimum atomic E-state index is -0.225. The van der Waals surface area contributed by atoms with Crippen LogP contribution in [0.1, 0.15) is 30.5 Å². The van der Waals surface area contributed by atoms with Crippen molar-refractivity contribution in [2.75, 3.05) is 0 Å². The molecule has 0 aliphatic heterocycles. The van der Waals surface area contributed by atoms with E-state index in [4.69, 9.17) is 9.97 Å². The van der Waals surface area contributed by atoms with E-state index in [9.17, 15) is 5.26 Å². The zero-order valence-electron chi connectivity index (χ0n) is 26.3. The van der Waals surface area contributed by atoms with Crippen molar-refractivity contribution in [1.29, 1.82) is 5.26 Å². The summed E-state index contributed by atoms with van der Waals surface area (Å²) in [5, 5.41) is 9.57. The first kappa shape index (κ1) is 28.4. The van der Waals surface area contributed by atoms with Gasteiger partial charge in [-0.15, -0.1) is 0 Å². The lowest BCUT2D eigenvalue weighted by Crippen LogP contribution is -2.15. The molecule has 0 saturated heterocycles. The maximum atomic E-state index is 9.57. The molecule has 1 aliphatic carbocycles. The second-order valence-electron chi connectivity index (χ2n) is 12.6. The van der Waals surface area contributed by atoms with Gasteiger partial charge in [-0.3, -0.25) is 0 Å². The Kier molecular flexibility index (Phi) is 6.85. The Hall–Kier alpha value is -6.11. The summed E-state index contributed by atoms with van der Waals surface area (Å²) in [5.74, 6) is 0.693. The number of nitriles is 1. The molecule has 3 nitrogen and oxygen atoms in total. The molecule has 0 spiro atoms. The SMILES string of the molecule is CC1(C)c2cc(C#N)ccc2-c2ccc(-c3ccccc3-c3cc(-c4ccc(-c5ccccc5)cc4)nc(-c4ccccc4)n3)cc21. The van der Waals surface area contributed by atoms with E-state index in [-0.39, 0.29) is 5.41 Å². The molecule has 0 bridgehead atoms. The summed E-state index contributed by atoms with van der Waals surface area (Å²) in [4.78, 5) is 10.2. The van der Waals surface area contributed by atoms with Crippen LogP contribution in [0, 0.1) is 11.3 Å². The van der Waals surface area contributed by atoms with Crippen LogP contribution in [-0.2, 0) is 5.41 Å². The van der Waals surface area contributed by atoms with Crippen molar-refractivity contribution in [3.8, 4) is 73.4 Å². The molecule has 0 atom stereocenters. The molecule has 6 aromatic carbocycles. The second-order valence-corrected chi connectivity index (χ2v) is 12.6. The van der Waals surface area contributed by atoms with Gasteiger partial charge >= 0.3 is 0 Å². The monoisotopic (exact) mass is 601 g/mol. The summed E-state index contributed by atoms with van der Waals surface area (Å²) in [7, 11) is 0. The van der Waals surface area contributed by atoms with Crippen molar-refractivity contribution in [3.63, 3.8) is 0 Å². The number of hydrogen-bond donors (Lipinski definition) is 0. The van der Waals surface area contributed by atoms with Gasteiger partial charge < -0.3 is 0 Å². The maximum Gasteiger partial charge on any atom is 0.160 e. The Bertz CT molecular complexity index is 2310. The highest BCUT2D eigenvalue weighted by Crippen LogP contribution is 2.50. The van der Waals surface area contributed by atoms with Crippen molar-refractivity contribution >= 4 is 0 Å². The molecule has 0 N–H and O–H groups in total. The topological polar surface area (TPSA) is 49.6 Å². The van der Waals surface area contributed by atoms with Crippen LogP contribution in [0.4, 0.5) is 0 Å². The molecule has 0 amide bonds. The van der Waals surface area contributed by atoms with Crippen LogP contribution in [0.3, 0.4) is 0 Å². The van der Waals surface area contributed by atoms with E-state index >= 15 is 0 Å². The largest absolute Gasteiger partial charge is 0.228 e.